The van der Waals surface area contributed by atoms with Gasteiger partial charge in [-0.3, -0.25) is 0 Å². The average Bonchev–Trinajstić information content (AvgIpc) is 3.23. The highest BCUT2D eigenvalue weighted by Crippen LogP contribution is 2.30. The molecule has 0 spiro atoms. The standard InChI is InChI=1S/C26H23NO6/c1-29-21-10-6-7-11-22(21)31-14-15-32-23-13-12-18(17-24(23)30-2)16-20-26(28)33-25(27-20)19-8-4-3-5-9-19/h3-13,16-17H,14-15H2,1-2H3/b20-16+. The van der Waals surface area contributed by atoms with Crippen LogP contribution in [-0.4, -0.2) is 39.3 Å². The molecule has 1 heterocycles. The summed E-state index contributed by atoms with van der Waals surface area (Å²) < 4.78 is 27.6. The van der Waals surface area contributed by atoms with Crippen LogP contribution < -0.4 is 18.9 Å². The molecule has 0 bridgehead atoms. The van der Waals surface area contributed by atoms with Crippen molar-refractivity contribution in [1.82, 2.24) is 0 Å². The average molecular weight is 445 g/mol. The van der Waals surface area contributed by atoms with Crippen molar-refractivity contribution in [3.05, 3.63) is 89.6 Å². The number of hydrogen-bond acceptors (Lipinski definition) is 7. The Morgan fingerprint density at radius 3 is 2.12 bits per heavy atom. The summed E-state index contributed by atoms with van der Waals surface area (Å²) in [6, 6.07) is 22.1. The fraction of sp³-hybridized carbons (Fsp3) is 0.154. The maximum Gasteiger partial charge on any atom is 0.363 e. The predicted octanol–water partition coefficient (Wildman–Crippen LogP) is 4.51. The minimum Gasteiger partial charge on any atom is -0.493 e. The Morgan fingerprint density at radius 2 is 1.42 bits per heavy atom. The van der Waals surface area contributed by atoms with Crippen molar-refractivity contribution in [3.63, 3.8) is 0 Å². The number of carbonyl (C=O) groups excluding carboxylic acids is 1. The van der Waals surface area contributed by atoms with E-state index in [0.29, 0.717) is 36.2 Å². The zero-order valence-corrected chi connectivity index (χ0v) is 18.3. The molecule has 1 aliphatic heterocycles. The summed E-state index contributed by atoms with van der Waals surface area (Å²) in [4.78, 5) is 16.6. The normalized spacial score (nSPS) is 13.9. The first-order valence-corrected chi connectivity index (χ1v) is 10.3. The first kappa shape index (κ1) is 22.0. The second kappa shape index (κ2) is 10.4. The molecular formula is C26H23NO6. The molecule has 0 aromatic heterocycles. The lowest BCUT2D eigenvalue weighted by molar-refractivity contribution is -0.129. The molecular weight excluding hydrogens is 422 g/mol. The second-order valence-electron chi connectivity index (χ2n) is 6.96. The minimum atomic E-state index is -0.498. The Labute approximate surface area is 191 Å². The molecule has 3 aromatic carbocycles. The number of hydrogen-bond donors (Lipinski definition) is 0. The summed E-state index contributed by atoms with van der Waals surface area (Å²) in [5, 5.41) is 0. The zero-order valence-electron chi connectivity index (χ0n) is 18.3. The van der Waals surface area contributed by atoms with Gasteiger partial charge in [0.25, 0.3) is 0 Å². The minimum absolute atomic E-state index is 0.217. The van der Waals surface area contributed by atoms with Gasteiger partial charge in [0.15, 0.2) is 28.7 Å². The summed E-state index contributed by atoms with van der Waals surface area (Å²) in [7, 11) is 3.15. The van der Waals surface area contributed by atoms with Gasteiger partial charge in [0.1, 0.15) is 13.2 Å². The van der Waals surface area contributed by atoms with E-state index in [0.717, 1.165) is 11.1 Å². The number of carbonyl (C=O) groups is 1. The van der Waals surface area contributed by atoms with Crippen LogP contribution in [0.1, 0.15) is 11.1 Å². The number of benzene rings is 3. The van der Waals surface area contributed by atoms with Crippen molar-refractivity contribution in [2.75, 3.05) is 27.4 Å². The summed E-state index contributed by atoms with van der Waals surface area (Å²) in [5.74, 6) is 2.19. The third-order valence-corrected chi connectivity index (χ3v) is 4.80. The fourth-order valence-electron chi connectivity index (χ4n) is 3.21. The third-order valence-electron chi connectivity index (χ3n) is 4.80. The van der Waals surface area contributed by atoms with Crippen LogP contribution in [0.15, 0.2) is 83.5 Å². The number of rotatable bonds is 9. The number of nitrogens with zero attached hydrogens (tertiary/aromatic N) is 1. The van der Waals surface area contributed by atoms with Crippen LogP contribution >= 0.6 is 0 Å². The molecule has 4 rings (SSSR count). The number of aliphatic imine (C=N–C) groups is 1. The highest BCUT2D eigenvalue weighted by molar-refractivity contribution is 6.12. The van der Waals surface area contributed by atoms with Crippen LogP contribution in [0.5, 0.6) is 23.0 Å². The van der Waals surface area contributed by atoms with E-state index >= 15 is 0 Å². The van der Waals surface area contributed by atoms with E-state index in [1.807, 2.05) is 60.7 Å². The van der Waals surface area contributed by atoms with E-state index in [4.69, 9.17) is 23.7 Å². The van der Waals surface area contributed by atoms with E-state index < -0.39 is 5.97 Å². The van der Waals surface area contributed by atoms with Crippen LogP contribution in [0.25, 0.3) is 6.08 Å². The molecule has 7 heteroatoms. The molecule has 0 unspecified atom stereocenters. The lowest BCUT2D eigenvalue weighted by Crippen LogP contribution is -2.10. The number of esters is 1. The molecule has 0 N–H and O–H groups in total. The predicted molar refractivity (Wildman–Crippen MR) is 124 cm³/mol. The van der Waals surface area contributed by atoms with Crippen LogP contribution in [0.3, 0.4) is 0 Å². The van der Waals surface area contributed by atoms with Gasteiger partial charge in [-0.05, 0) is 48.0 Å². The van der Waals surface area contributed by atoms with Crippen LogP contribution in [0, 0.1) is 0 Å². The molecule has 1 aliphatic rings. The first-order chi connectivity index (χ1) is 16.2. The van der Waals surface area contributed by atoms with Crippen molar-refractivity contribution in [2.45, 2.75) is 0 Å². The zero-order chi connectivity index (χ0) is 23.0. The van der Waals surface area contributed by atoms with Crippen molar-refractivity contribution >= 4 is 17.9 Å². The number of ether oxygens (including phenoxy) is 5. The Balaban J connectivity index is 1.41. The monoisotopic (exact) mass is 445 g/mol. The SMILES string of the molecule is COc1ccccc1OCCOc1ccc(/C=C2/N=C(c3ccccc3)OC2=O)cc1OC. The Kier molecular flexibility index (Phi) is 6.90. The van der Waals surface area contributed by atoms with Gasteiger partial charge in [-0.1, -0.05) is 36.4 Å². The van der Waals surface area contributed by atoms with Crippen molar-refractivity contribution in [2.24, 2.45) is 4.99 Å². The van der Waals surface area contributed by atoms with E-state index in [1.165, 1.54) is 0 Å². The molecule has 7 nitrogen and oxygen atoms in total. The first-order valence-electron chi connectivity index (χ1n) is 10.3. The molecule has 0 radical (unpaired) electrons. The van der Waals surface area contributed by atoms with Crippen molar-refractivity contribution in [3.8, 4) is 23.0 Å². The third kappa shape index (κ3) is 5.33. The Bertz CT molecular complexity index is 1190. The second-order valence-corrected chi connectivity index (χ2v) is 6.96. The van der Waals surface area contributed by atoms with Gasteiger partial charge in [-0.2, -0.15) is 0 Å². The van der Waals surface area contributed by atoms with Gasteiger partial charge in [-0.25, -0.2) is 9.79 Å². The summed E-state index contributed by atoms with van der Waals surface area (Å²) in [5.41, 5.74) is 1.69. The largest absolute Gasteiger partial charge is 0.493 e. The molecule has 0 aliphatic carbocycles. The van der Waals surface area contributed by atoms with Gasteiger partial charge in [0.2, 0.25) is 5.90 Å². The smallest absolute Gasteiger partial charge is 0.363 e. The van der Waals surface area contributed by atoms with Gasteiger partial charge < -0.3 is 23.7 Å². The van der Waals surface area contributed by atoms with Crippen molar-refractivity contribution < 1.29 is 28.5 Å². The maximum atomic E-state index is 12.2. The molecule has 0 atom stereocenters. The Hall–Kier alpha value is -4.26. The van der Waals surface area contributed by atoms with Crippen molar-refractivity contribution in [1.29, 1.82) is 0 Å². The molecule has 0 saturated heterocycles. The molecule has 0 fully saturated rings. The molecule has 33 heavy (non-hydrogen) atoms. The summed E-state index contributed by atoms with van der Waals surface area (Å²) in [6.07, 6.45) is 1.65. The molecule has 0 saturated carbocycles. The lowest BCUT2D eigenvalue weighted by Gasteiger charge is -2.13. The number of cyclic esters (lactones) is 1. The van der Waals surface area contributed by atoms with E-state index in [9.17, 15) is 4.79 Å². The van der Waals surface area contributed by atoms with Gasteiger partial charge >= 0.3 is 5.97 Å². The highest BCUT2D eigenvalue weighted by atomic mass is 16.6. The van der Waals surface area contributed by atoms with Crippen LogP contribution in [-0.2, 0) is 9.53 Å². The molecule has 3 aromatic rings. The van der Waals surface area contributed by atoms with Gasteiger partial charge in [0.05, 0.1) is 14.2 Å². The molecule has 0 amide bonds. The molecule has 168 valence electrons. The van der Waals surface area contributed by atoms with E-state index in [-0.39, 0.29) is 11.6 Å². The Morgan fingerprint density at radius 1 is 0.788 bits per heavy atom. The van der Waals surface area contributed by atoms with Crippen LogP contribution in [0.4, 0.5) is 0 Å². The fourth-order valence-corrected chi connectivity index (χ4v) is 3.21. The topological polar surface area (TPSA) is 75.6 Å². The van der Waals surface area contributed by atoms with Gasteiger partial charge in [-0.15, -0.1) is 0 Å². The van der Waals surface area contributed by atoms with Crippen LogP contribution in [0.2, 0.25) is 0 Å². The van der Waals surface area contributed by atoms with E-state index in [2.05, 4.69) is 4.99 Å². The van der Waals surface area contributed by atoms with Gasteiger partial charge in [0, 0.05) is 5.56 Å². The number of para-hydroxylation sites is 2. The summed E-state index contributed by atoms with van der Waals surface area (Å²) >= 11 is 0. The summed E-state index contributed by atoms with van der Waals surface area (Å²) in [6.45, 7) is 0.643. The van der Waals surface area contributed by atoms with E-state index in [1.54, 1.807) is 32.4 Å². The highest BCUT2D eigenvalue weighted by Gasteiger charge is 2.24. The number of methoxy groups -OCH3 is 2. The lowest BCUT2D eigenvalue weighted by atomic mass is 10.1. The quantitative estimate of drug-likeness (QED) is 0.274. The maximum absolute atomic E-state index is 12.2.